The first kappa shape index (κ1) is 13.8. The van der Waals surface area contributed by atoms with Gasteiger partial charge in [0.1, 0.15) is 4.90 Å². The molecule has 1 aromatic carbocycles. The molecule has 1 heterocycles. The molecular formula is C12H17ClN2O2S. The van der Waals surface area contributed by atoms with Crippen molar-refractivity contribution in [3.63, 3.8) is 0 Å². The number of hydrogen-bond acceptors (Lipinski definition) is 3. The second-order valence-corrected chi connectivity index (χ2v) is 6.67. The van der Waals surface area contributed by atoms with Crippen LogP contribution in [0.2, 0.25) is 5.02 Å². The number of hydrogen-bond donors (Lipinski definition) is 1. The van der Waals surface area contributed by atoms with Gasteiger partial charge in [0.05, 0.1) is 5.02 Å². The molecule has 0 bridgehead atoms. The molecule has 1 aliphatic heterocycles. The van der Waals surface area contributed by atoms with Crippen LogP contribution in [0, 0.1) is 0 Å². The molecule has 1 aliphatic rings. The van der Waals surface area contributed by atoms with Crippen LogP contribution >= 0.6 is 11.6 Å². The first-order valence-corrected chi connectivity index (χ1v) is 7.80. The summed E-state index contributed by atoms with van der Waals surface area (Å²) in [6.45, 7) is 1.24. The Balaban J connectivity index is 2.34. The van der Waals surface area contributed by atoms with Gasteiger partial charge in [0.25, 0.3) is 0 Å². The monoisotopic (exact) mass is 288 g/mol. The molecule has 0 aliphatic carbocycles. The van der Waals surface area contributed by atoms with Crippen LogP contribution in [-0.2, 0) is 10.0 Å². The molecule has 0 spiro atoms. The summed E-state index contributed by atoms with van der Waals surface area (Å²) in [6.07, 6.45) is 1.79. The predicted molar refractivity (Wildman–Crippen MR) is 72.3 cm³/mol. The Bertz CT molecular complexity index is 519. The smallest absolute Gasteiger partial charge is 0.244 e. The largest absolute Gasteiger partial charge is 0.318 e. The predicted octanol–water partition coefficient (Wildman–Crippen LogP) is 1.71. The Morgan fingerprint density at radius 1 is 1.44 bits per heavy atom. The van der Waals surface area contributed by atoms with Gasteiger partial charge in [-0.05, 0) is 32.0 Å². The molecule has 1 fully saturated rings. The van der Waals surface area contributed by atoms with Crippen LogP contribution in [0.4, 0.5) is 0 Å². The highest BCUT2D eigenvalue weighted by Crippen LogP contribution is 2.29. The van der Waals surface area contributed by atoms with Crippen molar-refractivity contribution >= 4 is 21.6 Å². The van der Waals surface area contributed by atoms with Crippen LogP contribution in [0.3, 0.4) is 0 Å². The van der Waals surface area contributed by atoms with Crippen molar-refractivity contribution in [3.05, 3.63) is 29.3 Å². The Hall–Kier alpha value is -0.620. The Morgan fingerprint density at radius 3 is 2.83 bits per heavy atom. The zero-order valence-corrected chi connectivity index (χ0v) is 11.8. The third-order valence-electron chi connectivity index (χ3n) is 3.19. The quantitative estimate of drug-likeness (QED) is 0.918. The van der Waals surface area contributed by atoms with E-state index in [-0.39, 0.29) is 16.0 Å². The Labute approximate surface area is 113 Å². The Kier molecular flexibility index (Phi) is 4.27. The highest BCUT2D eigenvalue weighted by Gasteiger charge is 2.35. The van der Waals surface area contributed by atoms with Gasteiger partial charge in [-0.2, -0.15) is 4.31 Å². The molecular weight excluding hydrogens is 272 g/mol. The van der Waals surface area contributed by atoms with E-state index in [4.69, 9.17) is 11.6 Å². The summed E-state index contributed by atoms with van der Waals surface area (Å²) >= 11 is 5.99. The molecule has 1 N–H and O–H groups in total. The van der Waals surface area contributed by atoms with E-state index in [9.17, 15) is 8.42 Å². The SMILES string of the molecule is CNCC1CCCN1S(=O)(=O)c1ccccc1Cl. The van der Waals surface area contributed by atoms with Gasteiger partial charge in [0.15, 0.2) is 0 Å². The van der Waals surface area contributed by atoms with Crippen molar-refractivity contribution in [3.8, 4) is 0 Å². The molecule has 1 aromatic rings. The number of nitrogens with one attached hydrogen (secondary N) is 1. The van der Waals surface area contributed by atoms with Crippen LogP contribution in [0.5, 0.6) is 0 Å². The van der Waals surface area contributed by atoms with Gasteiger partial charge in [0, 0.05) is 19.1 Å². The lowest BCUT2D eigenvalue weighted by molar-refractivity contribution is 0.379. The van der Waals surface area contributed by atoms with Crippen LogP contribution < -0.4 is 5.32 Å². The topological polar surface area (TPSA) is 49.4 Å². The van der Waals surface area contributed by atoms with Gasteiger partial charge in [-0.1, -0.05) is 23.7 Å². The average molecular weight is 289 g/mol. The average Bonchev–Trinajstić information content (AvgIpc) is 2.79. The fourth-order valence-corrected chi connectivity index (χ4v) is 4.53. The Morgan fingerprint density at radius 2 is 2.17 bits per heavy atom. The van der Waals surface area contributed by atoms with E-state index in [0.717, 1.165) is 12.8 Å². The van der Waals surface area contributed by atoms with E-state index in [1.165, 1.54) is 0 Å². The van der Waals surface area contributed by atoms with Gasteiger partial charge in [-0.15, -0.1) is 0 Å². The lowest BCUT2D eigenvalue weighted by atomic mass is 10.2. The second kappa shape index (κ2) is 5.57. The molecule has 100 valence electrons. The van der Waals surface area contributed by atoms with Crippen LogP contribution in [0.1, 0.15) is 12.8 Å². The van der Waals surface area contributed by atoms with Crippen molar-refractivity contribution in [2.24, 2.45) is 0 Å². The number of rotatable bonds is 4. The number of likely N-dealkylation sites (N-methyl/N-ethyl adjacent to an activating group) is 1. The second-order valence-electron chi connectivity index (χ2n) is 4.40. The minimum atomic E-state index is -3.48. The third kappa shape index (κ3) is 2.54. The molecule has 2 rings (SSSR count). The number of nitrogens with zero attached hydrogens (tertiary/aromatic N) is 1. The standard InChI is InChI=1S/C12H17ClN2O2S/c1-14-9-10-5-4-8-15(10)18(16,17)12-7-3-2-6-11(12)13/h2-3,6-7,10,14H,4-5,8-9H2,1H3. The van der Waals surface area contributed by atoms with Gasteiger partial charge >= 0.3 is 0 Å². The van der Waals surface area contributed by atoms with Gasteiger partial charge in [-0.25, -0.2) is 8.42 Å². The molecule has 1 atom stereocenters. The zero-order chi connectivity index (χ0) is 13.2. The fourth-order valence-electron chi connectivity index (χ4n) is 2.35. The molecule has 0 amide bonds. The first-order chi connectivity index (χ1) is 8.57. The molecule has 4 nitrogen and oxygen atoms in total. The van der Waals surface area contributed by atoms with Crippen LogP contribution in [0.25, 0.3) is 0 Å². The van der Waals surface area contributed by atoms with E-state index in [0.29, 0.717) is 13.1 Å². The number of benzene rings is 1. The minimum Gasteiger partial charge on any atom is -0.318 e. The summed E-state index contributed by atoms with van der Waals surface area (Å²) in [4.78, 5) is 0.203. The van der Waals surface area contributed by atoms with Crippen LogP contribution in [0.15, 0.2) is 29.2 Å². The van der Waals surface area contributed by atoms with Crippen molar-refractivity contribution in [1.29, 1.82) is 0 Å². The molecule has 1 unspecified atom stereocenters. The highest BCUT2D eigenvalue weighted by molar-refractivity contribution is 7.89. The van der Waals surface area contributed by atoms with E-state index < -0.39 is 10.0 Å². The van der Waals surface area contributed by atoms with E-state index in [1.807, 2.05) is 7.05 Å². The fraction of sp³-hybridized carbons (Fsp3) is 0.500. The highest BCUT2D eigenvalue weighted by atomic mass is 35.5. The normalized spacial score (nSPS) is 21.3. The summed E-state index contributed by atoms with van der Waals surface area (Å²) < 4.78 is 26.7. The molecule has 6 heteroatoms. The molecule has 1 saturated heterocycles. The maximum absolute atomic E-state index is 12.6. The number of halogens is 1. The van der Waals surface area contributed by atoms with Crippen molar-refractivity contribution < 1.29 is 8.42 Å². The van der Waals surface area contributed by atoms with Gasteiger partial charge in [0.2, 0.25) is 10.0 Å². The molecule has 0 aromatic heterocycles. The summed E-state index contributed by atoms with van der Waals surface area (Å²) in [5, 5.41) is 3.32. The van der Waals surface area contributed by atoms with Crippen molar-refractivity contribution in [1.82, 2.24) is 9.62 Å². The lowest BCUT2D eigenvalue weighted by Gasteiger charge is -2.24. The van der Waals surface area contributed by atoms with Gasteiger partial charge in [-0.3, -0.25) is 0 Å². The van der Waals surface area contributed by atoms with E-state index in [2.05, 4.69) is 5.32 Å². The van der Waals surface area contributed by atoms with E-state index >= 15 is 0 Å². The summed E-state index contributed by atoms with van der Waals surface area (Å²) in [5.41, 5.74) is 0. The molecule has 0 saturated carbocycles. The maximum Gasteiger partial charge on any atom is 0.244 e. The van der Waals surface area contributed by atoms with Gasteiger partial charge < -0.3 is 5.32 Å². The third-order valence-corrected chi connectivity index (χ3v) is 5.64. The van der Waals surface area contributed by atoms with Crippen molar-refractivity contribution in [2.75, 3.05) is 20.1 Å². The van der Waals surface area contributed by atoms with E-state index in [1.54, 1.807) is 28.6 Å². The van der Waals surface area contributed by atoms with Crippen LogP contribution in [-0.4, -0.2) is 38.9 Å². The lowest BCUT2D eigenvalue weighted by Crippen LogP contribution is -2.40. The first-order valence-electron chi connectivity index (χ1n) is 5.98. The summed E-state index contributed by atoms with van der Waals surface area (Å²) in [5.74, 6) is 0. The maximum atomic E-state index is 12.6. The summed E-state index contributed by atoms with van der Waals surface area (Å²) in [7, 11) is -1.65. The van der Waals surface area contributed by atoms with Crippen molar-refractivity contribution in [2.45, 2.75) is 23.8 Å². The molecule has 0 radical (unpaired) electrons. The zero-order valence-electron chi connectivity index (χ0n) is 10.3. The minimum absolute atomic E-state index is 0.0243. The summed E-state index contributed by atoms with van der Waals surface area (Å²) in [6, 6.07) is 6.62. The number of sulfonamides is 1. The molecule has 18 heavy (non-hydrogen) atoms.